The van der Waals surface area contributed by atoms with Crippen molar-refractivity contribution >= 4 is 17.5 Å². The third-order valence-electron chi connectivity index (χ3n) is 5.13. The summed E-state index contributed by atoms with van der Waals surface area (Å²) in [6.45, 7) is 9.97. The van der Waals surface area contributed by atoms with Crippen LogP contribution in [0.1, 0.15) is 48.2 Å². The number of aromatic nitrogens is 2. The van der Waals surface area contributed by atoms with Crippen LogP contribution in [-0.4, -0.2) is 51.9 Å². The Morgan fingerprint density at radius 1 is 1.24 bits per heavy atom. The summed E-state index contributed by atoms with van der Waals surface area (Å²) in [5.41, 5.74) is 0.259. The summed E-state index contributed by atoms with van der Waals surface area (Å²) in [7, 11) is 0. The van der Waals surface area contributed by atoms with Crippen molar-refractivity contribution in [2.24, 2.45) is 0 Å². The van der Waals surface area contributed by atoms with Crippen LogP contribution in [0.3, 0.4) is 0 Å². The highest BCUT2D eigenvalue weighted by atomic mass is 35.5. The van der Waals surface area contributed by atoms with Crippen molar-refractivity contribution in [2.45, 2.75) is 39.7 Å². The van der Waals surface area contributed by atoms with Crippen LogP contribution in [0.15, 0.2) is 23.0 Å². The van der Waals surface area contributed by atoms with Crippen LogP contribution in [0.4, 0.5) is 4.39 Å². The number of carbonyl (C=O) groups is 1. The molecule has 0 radical (unpaired) electrons. The van der Waals surface area contributed by atoms with Gasteiger partial charge in [0.15, 0.2) is 0 Å². The summed E-state index contributed by atoms with van der Waals surface area (Å²) < 4.78 is 14.0. The second kappa shape index (κ2) is 8.24. The topological polar surface area (TPSA) is 69.3 Å². The number of carbonyl (C=O) groups excluding carboxylic acids is 1. The van der Waals surface area contributed by atoms with Crippen molar-refractivity contribution in [2.75, 3.05) is 26.2 Å². The predicted molar refractivity (Wildman–Crippen MR) is 111 cm³/mol. The standard InChI is InChI=1S/C21H26ClFN4O2/c1-13-17(18(28)25-20(24-13)21(2,3)4)19(29)27-10-8-26(9-11-27)12-14-15(22)6-5-7-16(14)23/h5-7H,8-12H2,1-4H3,(H,24,25,28). The Hall–Kier alpha value is -2.25. The molecule has 0 aliphatic carbocycles. The SMILES string of the molecule is Cc1nc(C(C)(C)C)[nH]c(=O)c1C(=O)N1CCN(Cc2c(F)cccc2Cl)CC1. The van der Waals surface area contributed by atoms with Crippen LogP contribution in [0, 0.1) is 12.7 Å². The number of nitrogens with zero attached hydrogens (tertiary/aromatic N) is 3. The van der Waals surface area contributed by atoms with Gasteiger partial charge in [0.25, 0.3) is 11.5 Å². The van der Waals surface area contributed by atoms with Crippen molar-refractivity contribution in [3.63, 3.8) is 0 Å². The Morgan fingerprint density at radius 3 is 2.45 bits per heavy atom. The molecule has 156 valence electrons. The van der Waals surface area contributed by atoms with Gasteiger partial charge in [-0.15, -0.1) is 0 Å². The van der Waals surface area contributed by atoms with Crippen molar-refractivity contribution in [3.8, 4) is 0 Å². The zero-order chi connectivity index (χ0) is 21.3. The molecule has 0 unspecified atom stereocenters. The fraction of sp³-hybridized carbons (Fsp3) is 0.476. The molecule has 1 aliphatic rings. The lowest BCUT2D eigenvalue weighted by Gasteiger charge is -2.35. The summed E-state index contributed by atoms with van der Waals surface area (Å²) in [5.74, 6) is -0.0911. The van der Waals surface area contributed by atoms with E-state index in [9.17, 15) is 14.0 Å². The van der Waals surface area contributed by atoms with E-state index in [0.717, 1.165) is 0 Å². The molecule has 0 spiro atoms. The molecular formula is C21H26ClFN4O2. The lowest BCUT2D eigenvalue weighted by Crippen LogP contribution is -2.49. The predicted octanol–water partition coefficient (Wildman–Crippen LogP) is 3.13. The van der Waals surface area contributed by atoms with Crippen molar-refractivity contribution in [3.05, 3.63) is 62.0 Å². The lowest BCUT2D eigenvalue weighted by atomic mass is 9.95. The van der Waals surface area contributed by atoms with Gasteiger partial charge in [-0.05, 0) is 19.1 Å². The Labute approximate surface area is 174 Å². The molecule has 1 aromatic carbocycles. The van der Waals surface area contributed by atoms with Gasteiger partial charge in [-0.1, -0.05) is 38.4 Å². The van der Waals surface area contributed by atoms with Crippen LogP contribution in [0.2, 0.25) is 5.02 Å². The number of aromatic amines is 1. The van der Waals surface area contributed by atoms with Crippen LogP contribution >= 0.6 is 11.6 Å². The van der Waals surface area contributed by atoms with E-state index in [0.29, 0.717) is 54.8 Å². The first-order valence-electron chi connectivity index (χ1n) is 9.64. The molecular weight excluding hydrogens is 395 g/mol. The summed E-state index contributed by atoms with van der Waals surface area (Å²) in [6, 6.07) is 4.64. The van der Waals surface area contributed by atoms with Crippen LogP contribution in [0.25, 0.3) is 0 Å². The lowest BCUT2D eigenvalue weighted by molar-refractivity contribution is 0.0623. The number of amides is 1. The molecule has 2 heterocycles. The largest absolute Gasteiger partial charge is 0.336 e. The molecule has 1 saturated heterocycles. The summed E-state index contributed by atoms with van der Waals surface area (Å²) in [6.07, 6.45) is 0. The van der Waals surface area contributed by atoms with Gasteiger partial charge in [0.2, 0.25) is 0 Å². The Bertz CT molecular complexity index is 955. The molecule has 1 N–H and O–H groups in total. The molecule has 1 aliphatic heterocycles. The fourth-order valence-corrected chi connectivity index (χ4v) is 3.59. The monoisotopic (exact) mass is 420 g/mol. The third-order valence-corrected chi connectivity index (χ3v) is 5.48. The van der Waals surface area contributed by atoms with Crippen LogP contribution in [0.5, 0.6) is 0 Å². The zero-order valence-corrected chi connectivity index (χ0v) is 17.9. The second-order valence-corrected chi connectivity index (χ2v) is 8.80. The van der Waals surface area contributed by atoms with Gasteiger partial charge >= 0.3 is 0 Å². The quantitative estimate of drug-likeness (QED) is 0.828. The molecule has 0 saturated carbocycles. The van der Waals surface area contributed by atoms with Crippen LogP contribution in [-0.2, 0) is 12.0 Å². The van der Waals surface area contributed by atoms with Crippen molar-refractivity contribution < 1.29 is 9.18 Å². The molecule has 3 rings (SSSR count). The number of aryl methyl sites for hydroxylation is 1. The summed E-state index contributed by atoms with van der Waals surface area (Å²) in [5, 5.41) is 0.399. The summed E-state index contributed by atoms with van der Waals surface area (Å²) in [4.78, 5) is 36.4. The number of hydrogen-bond acceptors (Lipinski definition) is 4. The van der Waals surface area contributed by atoms with E-state index in [-0.39, 0.29) is 22.7 Å². The summed E-state index contributed by atoms with van der Waals surface area (Å²) >= 11 is 6.11. The van der Waals surface area contributed by atoms with E-state index in [1.54, 1.807) is 24.0 Å². The molecule has 1 aromatic heterocycles. The first-order chi connectivity index (χ1) is 13.6. The highest BCUT2D eigenvalue weighted by Gasteiger charge is 2.28. The normalized spacial score (nSPS) is 15.6. The number of rotatable bonds is 3. The minimum absolute atomic E-state index is 0.0867. The third kappa shape index (κ3) is 4.67. The average Bonchev–Trinajstić information content (AvgIpc) is 2.64. The molecule has 1 amide bonds. The van der Waals surface area contributed by atoms with E-state index < -0.39 is 5.56 Å². The van der Waals surface area contributed by atoms with Gasteiger partial charge in [0.05, 0.1) is 5.69 Å². The number of benzene rings is 1. The minimum Gasteiger partial charge on any atom is -0.336 e. The number of hydrogen-bond donors (Lipinski definition) is 1. The van der Waals surface area contributed by atoms with Gasteiger partial charge in [0, 0.05) is 48.7 Å². The maximum Gasteiger partial charge on any atom is 0.264 e. The Morgan fingerprint density at radius 2 is 1.90 bits per heavy atom. The van der Waals surface area contributed by atoms with E-state index in [1.807, 2.05) is 25.7 Å². The molecule has 6 nitrogen and oxygen atoms in total. The maximum atomic E-state index is 14.0. The molecule has 2 aromatic rings. The van der Waals surface area contributed by atoms with E-state index in [4.69, 9.17) is 11.6 Å². The second-order valence-electron chi connectivity index (χ2n) is 8.39. The van der Waals surface area contributed by atoms with E-state index in [1.165, 1.54) is 6.07 Å². The number of H-pyrrole nitrogens is 1. The molecule has 29 heavy (non-hydrogen) atoms. The van der Waals surface area contributed by atoms with Crippen molar-refractivity contribution in [1.29, 1.82) is 0 Å². The van der Waals surface area contributed by atoms with Gasteiger partial charge in [-0.3, -0.25) is 14.5 Å². The first-order valence-corrected chi connectivity index (χ1v) is 10.0. The Balaban J connectivity index is 1.70. The van der Waals surface area contributed by atoms with E-state index in [2.05, 4.69) is 9.97 Å². The fourth-order valence-electron chi connectivity index (χ4n) is 3.37. The molecule has 0 atom stereocenters. The average molecular weight is 421 g/mol. The van der Waals surface area contributed by atoms with Gasteiger partial charge < -0.3 is 9.88 Å². The number of nitrogens with one attached hydrogen (secondary N) is 1. The van der Waals surface area contributed by atoms with Gasteiger partial charge in [-0.2, -0.15) is 0 Å². The highest BCUT2D eigenvalue weighted by molar-refractivity contribution is 6.31. The van der Waals surface area contributed by atoms with Crippen LogP contribution < -0.4 is 5.56 Å². The Kier molecular flexibility index (Phi) is 6.10. The van der Waals surface area contributed by atoms with E-state index >= 15 is 0 Å². The van der Waals surface area contributed by atoms with Crippen molar-refractivity contribution in [1.82, 2.24) is 19.8 Å². The van der Waals surface area contributed by atoms with Gasteiger partial charge in [-0.25, -0.2) is 9.37 Å². The number of piperazine rings is 1. The number of halogens is 2. The zero-order valence-electron chi connectivity index (χ0n) is 17.2. The maximum absolute atomic E-state index is 14.0. The molecule has 0 bridgehead atoms. The smallest absolute Gasteiger partial charge is 0.264 e. The highest BCUT2D eigenvalue weighted by Crippen LogP contribution is 2.22. The minimum atomic E-state index is -0.409. The molecule has 1 fully saturated rings. The molecule has 8 heteroatoms. The van der Waals surface area contributed by atoms with Gasteiger partial charge in [0.1, 0.15) is 17.2 Å². The first kappa shape index (κ1) is 21.5.